The third kappa shape index (κ3) is 3.87. The van der Waals surface area contributed by atoms with E-state index in [9.17, 15) is 0 Å². The Morgan fingerprint density at radius 1 is 1.29 bits per heavy atom. The van der Waals surface area contributed by atoms with Crippen LogP contribution < -0.4 is 10.1 Å². The molecule has 1 saturated heterocycles. The second kappa shape index (κ2) is 6.84. The lowest BCUT2D eigenvalue weighted by atomic mass is 10.1. The summed E-state index contributed by atoms with van der Waals surface area (Å²) in [6.45, 7) is 5.98. The van der Waals surface area contributed by atoms with Crippen LogP contribution in [0.5, 0.6) is 5.75 Å². The maximum atomic E-state index is 5.42. The molecule has 3 nitrogen and oxygen atoms in total. The molecule has 96 valence electrons. The topological polar surface area (TPSA) is 24.5 Å². The highest BCUT2D eigenvalue weighted by Crippen LogP contribution is 2.14. The minimum atomic E-state index is 0. The van der Waals surface area contributed by atoms with E-state index in [4.69, 9.17) is 4.74 Å². The monoisotopic (exact) mass is 256 g/mol. The molecule has 1 aromatic carbocycles. The van der Waals surface area contributed by atoms with Gasteiger partial charge in [0.05, 0.1) is 6.61 Å². The van der Waals surface area contributed by atoms with Gasteiger partial charge < -0.3 is 10.1 Å². The van der Waals surface area contributed by atoms with E-state index in [0.29, 0.717) is 6.04 Å². The average molecular weight is 257 g/mol. The van der Waals surface area contributed by atoms with Crippen molar-refractivity contribution in [1.82, 2.24) is 10.2 Å². The van der Waals surface area contributed by atoms with E-state index in [1.165, 1.54) is 5.56 Å². The predicted octanol–water partition coefficient (Wildman–Crippen LogP) is 1.91. The van der Waals surface area contributed by atoms with Gasteiger partial charge >= 0.3 is 0 Å². The van der Waals surface area contributed by atoms with Crippen molar-refractivity contribution in [3.05, 3.63) is 29.8 Å². The molecule has 0 bridgehead atoms. The number of likely N-dealkylation sites (N-methyl/N-ethyl adjacent to an activating group) is 1. The summed E-state index contributed by atoms with van der Waals surface area (Å²) in [6.07, 6.45) is 0. The van der Waals surface area contributed by atoms with Gasteiger partial charge in [-0.1, -0.05) is 12.1 Å². The van der Waals surface area contributed by atoms with Crippen LogP contribution in [0.4, 0.5) is 0 Å². The van der Waals surface area contributed by atoms with Crippen LogP contribution in [0.15, 0.2) is 24.3 Å². The lowest BCUT2D eigenvalue weighted by Crippen LogP contribution is -2.55. The van der Waals surface area contributed by atoms with Crippen molar-refractivity contribution in [3.63, 3.8) is 0 Å². The predicted molar refractivity (Wildman–Crippen MR) is 73.0 cm³/mol. The smallest absolute Gasteiger partial charge is 0.119 e. The van der Waals surface area contributed by atoms with Crippen LogP contribution in [0.1, 0.15) is 12.5 Å². The van der Waals surface area contributed by atoms with Crippen LogP contribution in [-0.2, 0) is 6.54 Å². The van der Waals surface area contributed by atoms with E-state index in [2.05, 4.69) is 29.4 Å². The molecule has 17 heavy (non-hydrogen) atoms. The highest BCUT2D eigenvalue weighted by molar-refractivity contribution is 5.85. The molecule has 0 aliphatic carbocycles. The van der Waals surface area contributed by atoms with Crippen LogP contribution in [0.2, 0.25) is 0 Å². The first-order valence-electron chi connectivity index (χ1n) is 5.92. The Balaban J connectivity index is 0.00000144. The molecule has 1 heterocycles. The zero-order chi connectivity index (χ0) is 11.4. The summed E-state index contributed by atoms with van der Waals surface area (Å²) in [7, 11) is 2.18. The van der Waals surface area contributed by atoms with Crippen LogP contribution in [-0.4, -0.2) is 37.7 Å². The van der Waals surface area contributed by atoms with Gasteiger partial charge in [0.1, 0.15) is 5.75 Å². The molecule has 1 fully saturated rings. The lowest BCUT2D eigenvalue weighted by molar-refractivity contribution is 0.173. The van der Waals surface area contributed by atoms with E-state index in [1.54, 1.807) is 0 Å². The second-order valence-electron chi connectivity index (χ2n) is 4.30. The van der Waals surface area contributed by atoms with Gasteiger partial charge in [0.15, 0.2) is 0 Å². The van der Waals surface area contributed by atoms with Gasteiger partial charge in [-0.25, -0.2) is 0 Å². The molecule has 0 aromatic heterocycles. The Bertz CT molecular complexity index is 325. The molecule has 0 radical (unpaired) electrons. The van der Waals surface area contributed by atoms with Crippen molar-refractivity contribution in [2.24, 2.45) is 0 Å². The van der Waals surface area contributed by atoms with Crippen molar-refractivity contribution >= 4 is 12.4 Å². The van der Waals surface area contributed by atoms with Gasteiger partial charge in [-0.05, 0) is 31.7 Å². The van der Waals surface area contributed by atoms with E-state index >= 15 is 0 Å². The highest BCUT2D eigenvalue weighted by Gasteiger charge is 2.20. The summed E-state index contributed by atoms with van der Waals surface area (Å²) in [5, 5.41) is 3.29. The van der Waals surface area contributed by atoms with Crippen molar-refractivity contribution in [1.29, 1.82) is 0 Å². The number of nitrogens with zero attached hydrogens (tertiary/aromatic N) is 1. The maximum Gasteiger partial charge on any atom is 0.119 e. The quantitative estimate of drug-likeness (QED) is 0.871. The first-order chi connectivity index (χ1) is 7.79. The van der Waals surface area contributed by atoms with Crippen molar-refractivity contribution in [2.45, 2.75) is 19.5 Å². The largest absolute Gasteiger partial charge is 0.494 e. The minimum absolute atomic E-state index is 0. The summed E-state index contributed by atoms with van der Waals surface area (Å²) < 4.78 is 5.42. The summed E-state index contributed by atoms with van der Waals surface area (Å²) in [6, 6.07) is 9.09. The van der Waals surface area contributed by atoms with Gasteiger partial charge in [0, 0.05) is 25.7 Å². The molecule has 0 spiro atoms. The molecule has 1 aliphatic rings. The zero-order valence-electron chi connectivity index (χ0n) is 10.5. The van der Waals surface area contributed by atoms with Gasteiger partial charge in [0.25, 0.3) is 0 Å². The fourth-order valence-corrected chi connectivity index (χ4v) is 1.86. The highest BCUT2D eigenvalue weighted by atomic mass is 35.5. The maximum absolute atomic E-state index is 5.42. The van der Waals surface area contributed by atoms with Gasteiger partial charge in [-0.3, -0.25) is 4.90 Å². The van der Waals surface area contributed by atoms with Crippen molar-refractivity contribution in [2.75, 3.05) is 26.7 Å². The standard InChI is InChI=1S/C13H20N2O.ClH/c1-3-16-13-6-4-11(5-7-13)10-15(2)12-8-14-9-12;/h4-7,12,14H,3,8-10H2,1-2H3;1H. The Morgan fingerprint density at radius 2 is 1.94 bits per heavy atom. The molecule has 0 amide bonds. The van der Waals surface area contributed by atoms with Gasteiger partial charge in [-0.2, -0.15) is 0 Å². The minimum Gasteiger partial charge on any atom is -0.494 e. The molecular weight excluding hydrogens is 236 g/mol. The molecule has 2 rings (SSSR count). The fraction of sp³-hybridized carbons (Fsp3) is 0.538. The molecule has 0 atom stereocenters. The number of nitrogens with one attached hydrogen (secondary N) is 1. The molecule has 1 N–H and O–H groups in total. The molecular formula is C13H21ClN2O. The molecule has 1 aliphatic heterocycles. The molecule has 0 saturated carbocycles. The number of hydrogen-bond donors (Lipinski definition) is 1. The first kappa shape index (κ1) is 14.3. The molecule has 4 heteroatoms. The average Bonchev–Trinajstić information content (AvgIpc) is 2.18. The Morgan fingerprint density at radius 3 is 2.41 bits per heavy atom. The summed E-state index contributed by atoms with van der Waals surface area (Å²) in [4.78, 5) is 2.40. The van der Waals surface area contributed by atoms with Crippen molar-refractivity contribution in [3.8, 4) is 5.75 Å². The first-order valence-corrected chi connectivity index (χ1v) is 5.92. The zero-order valence-corrected chi connectivity index (χ0v) is 11.3. The van der Waals surface area contributed by atoms with Crippen LogP contribution in [0.3, 0.4) is 0 Å². The van der Waals surface area contributed by atoms with Crippen LogP contribution in [0, 0.1) is 0 Å². The molecule has 1 aromatic rings. The summed E-state index contributed by atoms with van der Waals surface area (Å²) in [5.74, 6) is 0.958. The third-order valence-electron chi connectivity index (χ3n) is 3.05. The number of hydrogen-bond acceptors (Lipinski definition) is 3. The van der Waals surface area contributed by atoms with E-state index in [1.807, 2.05) is 19.1 Å². The number of rotatable bonds is 5. The van der Waals surface area contributed by atoms with Gasteiger partial charge in [0.2, 0.25) is 0 Å². The number of ether oxygens (including phenoxy) is 1. The van der Waals surface area contributed by atoms with Crippen LogP contribution >= 0.6 is 12.4 Å². The summed E-state index contributed by atoms with van der Waals surface area (Å²) in [5.41, 5.74) is 1.35. The van der Waals surface area contributed by atoms with Gasteiger partial charge in [-0.15, -0.1) is 12.4 Å². The summed E-state index contributed by atoms with van der Waals surface area (Å²) >= 11 is 0. The number of halogens is 1. The van der Waals surface area contributed by atoms with Crippen molar-refractivity contribution < 1.29 is 4.74 Å². The SMILES string of the molecule is CCOc1ccc(CN(C)C2CNC2)cc1.Cl. The number of benzene rings is 1. The Hall–Kier alpha value is -0.770. The normalized spacial score (nSPS) is 15.2. The van der Waals surface area contributed by atoms with E-state index < -0.39 is 0 Å². The second-order valence-corrected chi connectivity index (χ2v) is 4.30. The molecule has 0 unspecified atom stereocenters. The Labute approximate surface area is 110 Å². The van der Waals surface area contributed by atoms with E-state index in [0.717, 1.165) is 32.0 Å². The Kier molecular flexibility index (Phi) is 5.75. The van der Waals surface area contributed by atoms with Crippen LogP contribution in [0.25, 0.3) is 0 Å². The lowest BCUT2D eigenvalue weighted by Gasteiger charge is -2.35. The fourth-order valence-electron chi connectivity index (χ4n) is 1.86. The van der Waals surface area contributed by atoms with E-state index in [-0.39, 0.29) is 12.4 Å². The third-order valence-corrected chi connectivity index (χ3v) is 3.05.